The average molecular weight is 298 g/mol. The maximum Gasteiger partial charge on any atom is 0.256 e. The van der Waals surface area contributed by atoms with Crippen LogP contribution in [0.15, 0.2) is 18.2 Å². The molecule has 0 unspecified atom stereocenters. The minimum absolute atomic E-state index is 0.179. The molecule has 0 aromatic heterocycles. The number of halogens is 1. The van der Waals surface area contributed by atoms with Crippen molar-refractivity contribution in [3.63, 3.8) is 0 Å². The summed E-state index contributed by atoms with van der Waals surface area (Å²) in [4.78, 5) is 12.2. The van der Waals surface area contributed by atoms with Crippen LogP contribution >= 0.6 is 11.6 Å². The van der Waals surface area contributed by atoms with E-state index in [2.05, 4.69) is 19.2 Å². The van der Waals surface area contributed by atoms with E-state index in [1.54, 1.807) is 18.2 Å². The molecule has 4 heteroatoms. The molecule has 0 atom stereocenters. The van der Waals surface area contributed by atoms with Gasteiger partial charge in [-0.3, -0.25) is 4.79 Å². The van der Waals surface area contributed by atoms with Crippen LogP contribution in [0.2, 0.25) is 5.02 Å². The van der Waals surface area contributed by atoms with Crippen molar-refractivity contribution in [2.24, 2.45) is 0 Å². The highest BCUT2D eigenvalue weighted by molar-refractivity contribution is 6.34. The Bertz CT molecular complexity index is 456. The molecule has 0 aliphatic carbocycles. The molecule has 112 valence electrons. The van der Waals surface area contributed by atoms with E-state index >= 15 is 0 Å². The van der Waals surface area contributed by atoms with Gasteiger partial charge in [-0.25, -0.2) is 0 Å². The molecule has 1 aromatic carbocycles. The second-order valence-electron chi connectivity index (χ2n) is 5.13. The Morgan fingerprint density at radius 1 is 1.30 bits per heavy atom. The molecule has 1 aromatic rings. The van der Waals surface area contributed by atoms with Crippen LogP contribution in [0.25, 0.3) is 0 Å². The van der Waals surface area contributed by atoms with Gasteiger partial charge in [0.25, 0.3) is 5.91 Å². The number of carbonyl (C=O) groups is 1. The molecule has 0 radical (unpaired) electrons. The zero-order chi connectivity index (χ0) is 15.2. The molecule has 0 bridgehead atoms. The van der Waals surface area contributed by atoms with E-state index in [0.29, 0.717) is 22.9 Å². The monoisotopic (exact) mass is 297 g/mol. The first-order valence-corrected chi connectivity index (χ1v) is 7.61. The van der Waals surface area contributed by atoms with Crippen LogP contribution in [-0.4, -0.2) is 18.1 Å². The summed E-state index contributed by atoms with van der Waals surface area (Å²) in [6.07, 6.45) is 2.62. The lowest BCUT2D eigenvalue weighted by atomic mass is 9.99. The van der Waals surface area contributed by atoms with Gasteiger partial charge in [0.05, 0.1) is 10.6 Å². The summed E-state index contributed by atoms with van der Waals surface area (Å²) in [5, 5.41) is 3.27. The molecule has 0 fully saturated rings. The Kier molecular flexibility index (Phi) is 6.34. The topological polar surface area (TPSA) is 38.3 Å². The van der Waals surface area contributed by atoms with Crippen molar-refractivity contribution in [1.29, 1.82) is 0 Å². The number of benzene rings is 1. The first-order valence-electron chi connectivity index (χ1n) is 7.23. The number of amides is 1. The van der Waals surface area contributed by atoms with Gasteiger partial charge in [-0.1, -0.05) is 38.4 Å². The quantitative estimate of drug-likeness (QED) is 0.808. The zero-order valence-electron chi connectivity index (χ0n) is 12.8. The smallest absolute Gasteiger partial charge is 0.256 e. The fraction of sp³-hybridized carbons (Fsp3) is 0.562. The normalized spacial score (nSPS) is 11.2. The summed E-state index contributed by atoms with van der Waals surface area (Å²) in [5.41, 5.74) is 0.139. The van der Waals surface area contributed by atoms with Crippen molar-refractivity contribution in [2.45, 2.75) is 52.6 Å². The molecule has 0 aliphatic rings. The lowest BCUT2D eigenvalue weighted by Gasteiger charge is -2.29. The Hall–Kier alpha value is -1.22. The van der Waals surface area contributed by atoms with Crippen molar-refractivity contribution in [1.82, 2.24) is 5.32 Å². The Balaban J connectivity index is 3.08. The molecular formula is C16H24ClNO2. The van der Waals surface area contributed by atoms with Gasteiger partial charge in [-0.15, -0.1) is 0 Å². The molecule has 1 amide bonds. The van der Waals surface area contributed by atoms with Crippen molar-refractivity contribution in [3.8, 4) is 5.75 Å². The zero-order valence-corrected chi connectivity index (χ0v) is 13.5. The van der Waals surface area contributed by atoms with Crippen molar-refractivity contribution in [2.75, 3.05) is 6.54 Å². The van der Waals surface area contributed by atoms with E-state index in [9.17, 15) is 4.79 Å². The molecule has 0 saturated heterocycles. The van der Waals surface area contributed by atoms with Crippen molar-refractivity contribution in [3.05, 3.63) is 28.8 Å². The summed E-state index contributed by atoms with van der Waals surface area (Å²) < 4.78 is 6.07. The minimum Gasteiger partial charge on any atom is -0.487 e. The highest BCUT2D eigenvalue weighted by Gasteiger charge is 2.25. The molecule has 3 nitrogen and oxygen atoms in total. The van der Waals surface area contributed by atoms with E-state index in [1.165, 1.54) is 0 Å². The van der Waals surface area contributed by atoms with Crippen LogP contribution in [0.1, 0.15) is 57.3 Å². The van der Waals surface area contributed by atoms with Gasteiger partial charge >= 0.3 is 0 Å². The number of ether oxygens (including phenoxy) is 1. The molecule has 1 N–H and O–H groups in total. The molecule has 0 spiro atoms. The maximum atomic E-state index is 12.2. The van der Waals surface area contributed by atoms with Gasteiger partial charge < -0.3 is 10.1 Å². The van der Waals surface area contributed by atoms with Crippen LogP contribution in [0.5, 0.6) is 5.75 Å². The lowest BCUT2D eigenvalue weighted by molar-refractivity contribution is 0.0765. The third kappa shape index (κ3) is 4.14. The van der Waals surface area contributed by atoms with E-state index < -0.39 is 0 Å². The van der Waals surface area contributed by atoms with Gasteiger partial charge in [0.15, 0.2) is 0 Å². The average Bonchev–Trinajstić information content (AvgIpc) is 2.44. The lowest BCUT2D eigenvalue weighted by Crippen LogP contribution is -2.32. The van der Waals surface area contributed by atoms with E-state index in [4.69, 9.17) is 16.3 Å². The van der Waals surface area contributed by atoms with Crippen LogP contribution < -0.4 is 10.1 Å². The van der Waals surface area contributed by atoms with Gasteiger partial charge in [-0.2, -0.15) is 0 Å². The molecular weight excluding hydrogens is 274 g/mol. The van der Waals surface area contributed by atoms with Gasteiger partial charge in [0.2, 0.25) is 0 Å². The summed E-state index contributed by atoms with van der Waals surface area (Å²) in [5.74, 6) is 0.374. The number of rotatable bonds is 7. The number of hydrogen-bond donors (Lipinski definition) is 1. The summed E-state index contributed by atoms with van der Waals surface area (Å²) >= 11 is 6.18. The highest BCUT2D eigenvalue weighted by atomic mass is 35.5. The molecule has 20 heavy (non-hydrogen) atoms. The largest absolute Gasteiger partial charge is 0.487 e. The van der Waals surface area contributed by atoms with Crippen LogP contribution in [0.3, 0.4) is 0 Å². The van der Waals surface area contributed by atoms with Crippen LogP contribution in [0, 0.1) is 0 Å². The van der Waals surface area contributed by atoms with E-state index in [0.717, 1.165) is 19.3 Å². The summed E-state index contributed by atoms with van der Waals surface area (Å²) in [6.45, 7) is 8.83. The summed E-state index contributed by atoms with van der Waals surface area (Å²) in [6, 6.07) is 5.32. The fourth-order valence-electron chi connectivity index (χ4n) is 1.80. The van der Waals surface area contributed by atoms with Crippen molar-refractivity contribution >= 4 is 17.5 Å². The standard InChI is InChI=1S/C16H24ClNO2/c1-5-11-18-15(19)14-12(17)9-8-10-13(14)20-16(4,6-2)7-3/h8-10H,5-7,11H2,1-4H3,(H,18,19). The molecule has 1 rings (SSSR count). The third-order valence-corrected chi connectivity index (χ3v) is 3.91. The second kappa shape index (κ2) is 7.53. The van der Waals surface area contributed by atoms with Gasteiger partial charge in [-0.05, 0) is 38.3 Å². The van der Waals surface area contributed by atoms with E-state index in [-0.39, 0.29) is 11.5 Å². The molecule has 0 saturated carbocycles. The maximum absolute atomic E-state index is 12.2. The van der Waals surface area contributed by atoms with Gasteiger partial charge in [0, 0.05) is 6.54 Å². The molecule has 0 heterocycles. The van der Waals surface area contributed by atoms with Gasteiger partial charge in [0.1, 0.15) is 11.4 Å². The summed E-state index contributed by atoms with van der Waals surface area (Å²) in [7, 11) is 0. The highest BCUT2D eigenvalue weighted by Crippen LogP contribution is 2.31. The minimum atomic E-state index is -0.287. The van der Waals surface area contributed by atoms with Crippen LogP contribution in [-0.2, 0) is 0 Å². The molecule has 0 aliphatic heterocycles. The Morgan fingerprint density at radius 2 is 1.95 bits per heavy atom. The van der Waals surface area contributed by atoms with E-state index in [1.807, 2.05) is 13.8 Å². The first kappa shape index (κ1) is 16.8. The van der Waals surface area contributed by atoms with Crippen LogP contribution in [0.4, 0.5) is 0 Å². The third-order valence-electron chi connectivity index (χ3n) is 3.59. The second-order valence-corrected chi connectivity index (χ2v) is 5.54. The number of carbonyl (C=O) groups excluding carboxylic acids is 1. The fourth-order valence-corrected chi connectivity index (χ4v) is 2.05. The predicted octanol–water partition coefficient (Wildman–Crippen LogP) is 4.44. The number of hydrogen-bond acceptors (Lipinski definition) is 2. The Labute approximate surface area is 126 Å². The predicted molar refractivity (Wildman–Crippen MR) is 83.7 cm³/mol. The Morgan fingerprint density at radius 3 is 2.50 bits per heavy atom. The van der Waals surface area contributed by atoms with Crippen molar-refractivity contribution < 1.29 is 9.53 Å². The first-order chi connectivity index (χ1) is 9.47. The SMILES string of the molecule is CCCNC(=O)c1c(Cl)cccc1OC(C)(CC)CC. The number of nitrogens with one attached hydrogen (secondary N) is 1.